The number of hydrogen-bond acceptors (Lipinski definition) is 7. The van der Waals surface area contributed by atoms with Gasteiger partial charge >= 0.3 is 17.6 Å². The first-order valence-electron chi connectivity index (χ1n) is 6.60. The quantitative estimate of drug-likeness (QED) is 0.499. The lowest BCUT2D eigenvalue weighted by Gasteiger charge is -2.23. The highest BCUT2D eigenvalue weighted by molar-refractivity contribution is 5.97. The number of pyridine rings is 1. The predicted octanol–water partition coefficient (Wildman–Crippen LogP) is 1.14. The zero-order valence-corrected chi connectivity index (χ0v) is 12.1. The van der Waals surface area contributed by atoms with Crippen LogP contribution in [-0.4, -0.2) is 46.6 Å². The third-order valence-electron chi connectivity index (χ3n) is 3.50. The molecule has 9 nitrogen and oxygen atoms in total. The maximum atomic E-state index is 11.8. The Bertz CT molecular complexity index is 645. The summed E-state index contributed by atoms with van der Waals surface area (Å²) in [5.74, 6) is -2.03. The molecule has 0 bridgehead atoms. The number of anilines is 1. The normalized spacial score (nSPS) is 17.4. The van der Waals surface area contributed by atoms with E-state index >= 15 is 0 Å². The van der Waals surface area contributed by atoms with E-state index in [9.17, 15) is 24.8 Å². The van der Waals surface area contributed by atoms with Crippen LogP contribution in [0.25, 0.3) is 0 Å². The fraction of sp³-hybridized carbons (Fsp3) is 0.462. The molecule has 0 amide bonds. The fourth-order valence-electron chi connectivity index (χ4n) is 2.57. The van der Waals surface area contributed by atoms with Gasteiger partial charge in [-0.25, -0.2) is 14.6 Å². The summed E-state index contributed by atoms with van der Waals surface area (Å²) in [7, 11) is 1.12. The first kappa shape index (κ1) is 15.7. The summed E-state index contributed by atoms with van der Waals surface area (Å²) in [6.45, 7) is 1.90. The second-order valence-electron chi connectivity index (χ2n) is 4.92. The lowest BCUT2D eigenvalue weighted by Crippen LogP contribution is -2.37. The number of aryl methyl sites for hydroxylation is 1. The molecule has 118 valence electrons. The molecule has 1 saturated heterocycles. The van der Waals surface area contributed by atoms with Gasteiger partial charge in [0, 0.05) is 12.2 Å². The molecule has 1 N–H and O–H groups in total. The highest BCUT2D eigenvalue weighted by Crippen LogP contribution is 2.35. The number of methoxy groups -OCH3 is 1. The van der Waals surface area contributed by atoms with Crippen LogP contribution < -0.4 is 4.90 Å². The molecule has 2 heterocycles. The van der Waals surface area contributed by atoms with Gasteiger partial charge in [0.15, 0.2) is 0 Å². The van der Waals surface area contributed by atoms with E-state index in [0.29, 0.717) is 25.1 Å². The van der Waals surface area contributed by atoms with Crippen molar-refractivity contribution < 1.29 is 24.4 Å². The van der Waals surface area contributed by atoms with Crippen molar-refractivity contribution in [2.45, 2.75) is 25.8 Å². The van der Waals surface area contributed by atoms with E-state index in [4.69, 9.17) is 0 Å². The van der Waals surface area contributed by atoms with Crippen LogP contribution in [0.4, 0.5) is 11.5 Å². The molecule has 1 aromatic rings. The average molecular weight is 309 g/mol. The van der Waals surface area contributed by atoms with Crippen LogP contribution in [-0.2, 0) is 9.53 Å². The molecular weight excluding hydrogens is 294 g/mol. The molecule has 0 unspecified atom stereocenters. The topological polar surface area (TPSA) is 123 Å². The zero-order valence-electron chi connectivity index (χ0n) is 12.1. The van der Waals surface area contributed by atoms with Gasteiger partial charge in [0.05, 0.1) is 12.0 Å². The summed E-state index contributed by atoms with van der Waals surface area (Å²) in [6.07, 6.45) is 0.951. The Kier molecular flexibility index (Phi) is 4.25. The van der Waals surface area contributed by atoms with Crippen LogP contribution in [0.15, 0.2) is 6.07 Å². The lowest BCUT2D eigenvalue weighted by atomic mass is 10.1. The molecule has 0 spiro atoms. The second kappa shape index (κ2) is 5.96. The Morgan fingerprint density at radius 1 is 1.55 bits per heavy atom. The van der Waals surface area contributed by atoms with Crippen LogP contribution in [0.3, 0.4) is 0 Å². The summed E-state index contributed by atoms with van der Waals surface area (Å²) < 4.78 is 4.57. The molecule has 1 aliphatic rings. The van der Waals surface area contributed by atoms with Gasteiger partial charge in [0.1, 0.15) is 11.6 Å². The highest BCUT2D eigenvalue weighted by Gasteiger charge is 2.38. The van der Waals surface area contributed by atoms with Crippen molar-refractivity contribution in [1.82, 2.24) is 4.98 Å². The maximum Gasteiger partial charge on any atom is 0.345 e. The molecule has 22 heavy (non-hydrogen) atoms. The van der Waals surface area contributed by atoms with Gasteiger partial charge in [0.2, 0.25) is 5.82 Å². The van der Waals surface area contributed by atoms with Crippen LogP contribution in [0.5, 0.6) is 0 Å². The van der Waals surface area contributed by atoms with E-state index < -0.39 is 28.6 Å². The first-order valence-corrected chi connectivity index (χ1v) is 6.60. The standard InChI is InChI=1S/C13H15N3O6/c1-7-6-8(13(19)22-2)10(16(20)21)11(14-7)15-5-3-4-9(15)12(17)18/h6,9H,3-5H2,1-2H3,(H,17,18)/t9-/m0/s1. The number of carboxylic acid groups (broad SMARTS) is 1. The Morgan fingerprint density at radius 3 is 2.77 bits per heavy atom. The summed E-state index contributed by atoms with van der Waals surface area (Å²) in [5.41, 5.74) is -0.381. The number of nitrogens with zero attached hydrogens (tertiary/aromatic N) is 3. The molecule has 1 atom stereocenters. The number of aromatic nitrogens is 1. The molecule has 0 radical (unpaired) electrons. The van der Waals surface area contributed by atoms with Crippen LogP contribution >= 0.6 is 0 Å². The van der Waals surface area contributed by atoms with Gasteiger partial charge in [-0.2, -0.15) is 0 Å². The van der Waals surface area contributed by atoms with Crippen molar-refractivity contribution in [2.75, 3.05) is 18.6 Å². The summed E-state index contributed by atoms with van der Waals surface area (Å²) in [5, 5.41) is 20.6. The van der Waals surface area contributed by atoms with Crippen molar-refractivity contribution in [3.63, 3.8) is 0 Å². The minimum absolute atomic E-state index is 0.102. The molecule has 9 heteroatoms. The molecule has 1 aliphatic heterocycles. The van der Waals surface area contributed by atoms with Crippen molar-refractivity contribution >= 4 is 23.4 Å². The number of esters is 1. The number of rotatable bonds is 4. The second-order valence-corrected chi connectivity index (χ2v) is 4.92. The zero-order chi connectivity index (χ0) is 16.4. The minimum Gasteiger partial charge on any atom is -0.480 e. The van der Waals surface area contributed by atoms with Crippen molar-refractivity contribution in [3.05, 3.63) is 27.4 Å². The van der Waals surface area contributed by atoms with Crippen molar-refractivity contribution in [1.29, 1.82) is 0 Å². The van der Waals surface area contributed by atoms with Gasteiger partial charge in [-0.3, -0.25) is 10.1 Å². The summed E-state index contributed by atoms with van der Waals surface area (Å²) in [4.78, 5) is 39.2. The Morgan fingerprint density at radius 2 is 2.23 bits per heavy atom. The third kappa shape index (κ3) is 2.69. The number of carboxylic acids is 1. The molecule has 1 fully saturated rings. The third-order valence-corrected chi connectivity index (χ3v) is 3.50. The Labute approximate surface area is 125 Å². The molecule has 2 rings (SSSR count). The van der Waals surface area contributed by atoms with E-state index in [0.717, 1.165) is 7.11 Å². The summed E-state index contributed by atoms with van der Waals surface area (Å²) >= 11 is 0. The van der Waals surface area contributed by atoms with E-state index in [2.05, 4.69) is 9.72 Å². The number of carbonyl (C=O) groups is 2. The maximum absolute atomic E-state index is 11.8. The minimum atomic E-state index is -1.07. The van der Waals surface area contributed by atoms with Gasteiger partial charge < -0.3 is 14.7 Å². The lowest BCUT2D eigenvalue weighted by molar-refractivity contribution is -0.384. The van der Waals surface area contributed by atoms with Crippen molar-refractivity contribution in [2.24, 2.45) is 0 Å². The molecule has 0 saturated carbocycles. The molecule has 1 aromatic heterocycles. The Hall–Kier alpha value is -2.71. The number of carbonyl (C=O) groups excluding carboxylic acids is 1. The first-order chi connectivity index (χ1) is 10.4. The largest absolute Gasteiger partial charge is 0.480 e. The fourth-order valence-corrected chi connectivity index (χ4v) is 2.57. The SMILES string of the molecule is COC(=O)c1cc(C)nc(N2CCC[C@H]2C(=O)O)c1[N+](=O)[O-]. The highest BCUT2D eigenvalue weighted by atomic mass is 16.6. The molecule has 0 aliphatic carbocycles. The van der Waals surface area contributed by atoms with Gasteiger partial charge in [-0.15, -0.1) is 0 Å². The number of ether oxygens (including phenoxy) is 1. The van der Waals surface area contributed by atoms with Gasteiger partial charge in [-0.1, -0.05) is 0 Å². The number of aliphatic carboxylic acids is 1. The van der Waals surface area contributed by atoms with Crippen LogP contribution in [0.2, 0.25) is 0 Å². The van der Waals surface area contributed by atoms with Gasteiger partial charge in [0.25, 0.3) is 0 Å². The van der Waals surface area contributed by atoms with Crippen LogP contribution in [0, 0.1) is 17.0 Å². The summed E-state index contributed by atoms with van der Waals surface area (Å²) in [6, 6.07) is 0.373. The monoisotopic (exact) mass is 309 g/mol. The smallest absolute Gasteiger partial charge is 0.345 e. The van der Waals surface area contributed by atoms with E-state index in [-0.39, 0.29) is 11.4 Å². The van der Waals surface area contributed by atoms with Crippen LogP contribution in [0.1, 0.15) is 28.9 Å². The Balaban J connectivity index is 2.64. The average Bonchev–Trinajstić information content (AvgIpc) is 2.94. The number of hydrogen-bond donors (Lipinski definition) is 1. The van der Waals surface area contributed by atoms with E-state index in [1.54, 1.807) is 6.92 Å². The molecular formula is C13H15N3O6. The predicted molar refractivity (Wildman–Crippen MR) is 75.0 cm³/mol. The van der Waals surface area contributed by atoms with E-state index in [1.807, 2.05) is 0 Å². The van der Waals surface area contributed by atoms with E-state index in [1.165, 1.54) is 11.0 Å². The molecule has 0 aromatic carbocycles. The van der Waals surface area contributed by atoms with Gasteiger partial charge in [-0.05, 0) is 25.8 Å². The van der Waals surface area contributed by atoms with Crippen molar-refractivity contribution in [3.8, 4) is 0 Å². The number of nitro groups is 1.